The predicted octanol–water partition coefficient (Wildman–Crippen LogP) is 1.34. The van der Waals surface area contributed by atoms with Crippen LogP contribution in [0.1, 0.15) is 29.7 Å². The van der Waals surface area contributed by atoms with Gasteiger partial charge in [-0.15, -0.1) is 0 Å². The molecule has 1 aliphatic rings. The van der Waals surface area contributed by atoms with Crippen LogP contribution in [0.3, 0.4) is 0 Å². The number of carboxylic acid groups (broad SMARTS) is 1. The van der Waals surface area contributed by atoms with Gasteiger partial charge in [0.1, 0.15) is 11.9 Å². The van der Waals surface area contributed by atoms with Gasteiger partial charge in [-0.3, -0.25) is 0 Å². The number of methoxy groups -OCH3 is 1. The third-order valence-electron chi connectivity index (χ3n) is 3.44. The maximum absolute atomic E-state index is 10.9. The van der Waals surface area contributed by atoms with Crippen molar-refractivity contribution in [2.24, 2.45) is 0 Å². The molecule has 2 rings (SSSR count). The molecule has 0 aromatic carbocycles. The number of fused-ring (bicyclic) bond motifs is 1. The van der Waals surface area contributed by atoms with Crippen LogP contribution in [0.15, 0.2) is 6.07 Å². The second-order valence-corrected chi connectivity index (χ2v) is 4.75. The van der Waals surface area contributed by atoms with E-state index in [1.165, 1.54) is 7.11 Å². The van der Waals surface area contributed by atoms with E-state index in [0.29, 0.717) is 11.4 Å². The first-order valence-corrected chi connectivity index (χ1v) is 6.58. The fourth-order valence-electron chi connectivity index (χ4n) is 2.31. The highest BCUT2D eigenvalue weighted by Gasteiger charge is 2.19. The Kier molecular flexibility index (Phi) is 4.53. The first-order chi connectivity index (χ1) is 9.65. The Morgan fingerprint density at radius 1 is 1.60 bits per heavy atom. The number of nitrogens with zero attached hydrogens (tertiary/aromatic N) is 2. The number of carboxylic acids is 1. The number of rotatable bonds is 5. The van der Waals surface area contributed by atoms with Crippen molar-refractivity contribution in [3.05, 3.63) is 22.9 Å². The summed E-state index contributed by atoms with van der Waals surface area (Å²) in [6.07, 6.45) is 3.12. The van der Waals surface area contributed by atoms with Gasteiger partial charge in [-0.25, -0.2) is 9.78 Å². The molecule has 20 heavy (non-hydrogen) atoms. The number of nitriles is 1. The number of carbonyl (C=O) groups is 1. The zero-order valence-electron chi connectivity index (χ0n) is 11.3. The summed E-state index contributed by atoms with van der Waals surface area (Å²) in [6.45, 7) is 0.0757. The molecule has 0 radical (unpaired) electrons. The second kappa shape index (κ2) is 6.35. The summed E-state index contributed by atoms with van der Waals surface area (Å²) in [5, 5.41) is 21.0. The van der Waals surface area contributed by atoms with Crippen LogP contribution >= 0.6 is 0 Å². The number of anilines is 1. The molecule has 0 saturated carbocycles. The van der Waals surface area contributed by atoms with Gasteiger partial charge >= 0.3 is 5.97 Å². The molecule has 6 heteroatoms. The lowest BCUT2D eigenvalue weighted by Gasteiger charge is -2.18. The lowest BCUT2D eigenvalue weighted by molar-refractivity contribution is -0.147. The highest BCUT2D eigenvalue weighted by molar-refractivity contribution is 5.73. The molecule has 0 amide bonds. The van der Waals surface area contributed by atoms with E-state index >= 15 is 0 Å². The van der Waals surface area contributed by atoms with Gasteiger partial charge in [-0.05, 0) is 37.3 Å². The van der Waals surface area contributed by atoms with Crippen LogP contribution in [-0.2, 0) is 22.4 Å². The molecule has 1 aliphatic carbocycles. The highest BCUT2D eigenvalue weighted by Crippen LogP contribution is 2.24. The molecule has 0 spiro atoms. The fourth-order valence-corrected chi connectivity index (χ4v) is 2.31. The number of nitrogens with one attached hydrogen (secondary N) is 1. The monoisotopic (exact) mass is 275 g/mol. The summed E-state index contributed by atoms with van der Waals surface area (Å²) in [7, 11) is 1.34. The van der Waals surface area contributed by atoms with Gasteiger partial charge in [-0.1, -0.05) is 0 Å². The minimum absolute atomic E-state index is 0.0757. The Morgan fingerprint density at radius 3 is 3.00 bits per heavy atom. The van der Waals surface area contributed by atoms with Crippen molar-refractivity contribution < 1.29 is 14.6 Å². The number of pyridine rings is 1. The second-order valence-electron chi connectivity index (χ2n) is 4.75. The van der Waals surface area contributed by atoms with E-state index in [9.17, 15) is 10.1 Å². The van der Waals surface area contributed by atoms with Crippen molar-refractivity contribution in [1.29, 1.82) is 5.26 Å². The zero-order chi connectivity index (χ0) is 14.5. The zero-order valence-corrected chi connectivity index (χ0v) is 11.3. The van der Waals surface area contributed by atoms with Crippen molar-refractivity contribution in [3.63, 3.8) is 0 Å². The first kappa shape index (κ1) is 14.3. The predicted molar refractivity (Wildman–Crippen MR) is 72.5 cm³/mol. The highest BCUT2D eigenvalue weighted by atomic mass is 16.5. The molecule has 1 aromatic heterocycles. The van der Waals surface area contributed by atoms with E-state index < -0.39 is 12.1 Å². The molecule has 1 atom stereocenters. The van der Waals surface area contributed by atoms with Gasteiger partial charge in [0.25, 0.3) is 0 Å². The van der Waals surface area contributed by atoms with Crippen LogP contribution in [-0.4, -0.2) is 35.8 Å². The summed E-state index contributed by atoms with van der Waals surface area (Å²) < 4.78 is 4.85. The Bertz CT molecular complexity index is 551. The molecule has 0 saturated heterocycles. The lowest BCUT2D eigenvalue weighted by atomic mass is 9.95. The lowest BCUT2D eigenvalue weighted by Crippen LogP contribution is -2.31. The van der Waals surface area contributed by atoms with E-state index in [4.69, 9.17) is 9.84 Å². The molecule has 106 valence electrons. The quantitative estimate of drug-likeness (QED) is 0.842. The number of hydrogen-bond acceptors (Lipinski definition) is 5. The van der Waals surface area contributed by atoms with Crippen LogP contribution in [0.4, 0.5) is 5.82 Å². The SMILES string of the molecule is COC(CNc1nc2c(cc1C#N)CCCC2)C(=O)O. The summed E-state index contributed by atoms with van der Waals surface area (Å²) in [5.74, 6) is -0.604. The molecular weight excluding hydrogens is 258 g/mol. The molecule has 1 aromatic rings. The molecule has 1 unspecified atom stereocenters. The third kappa shape index (κ3) is 3.06. The Balaban J connectivity index is 2.18. The van der Waals surface area contributed by atoms with E-state index in [-0.39, 0.29) is 6.54 Å². The number of hydrogen-bond donors (Lipinski definition) is 2. The largest absolute Gasteiger partial charge is 0.479 e. The van der Waals surface area contributed by atoms with Crippen molar-refractivity contribution in [2.45, 2.75) is 31.8 Å². The molecule has 0 fully saturated rings. The van der Waals surface area contributed by atoms with Crippen molar-refractivity contribution >= 4 is 11.8 Å². The van der Waals surface area contributed by atoms with Crippen LogP contribution in [0.5, 0.6) is 0 Å². The standard InChI is InChI=1S/C14H17N3O3/c1-20-12(14(18)19)8-16-13-10(7-15)6-9-4-2-3-5-11(9)17-13/h6,12H,2-5,8H2,1H3,(H,16,17)(H,18,19). The Morgan fingerprint density at radius 2 is 2.35 bits per heavy atom. The smallest absolute Gasteiger partial charge is 0.334 e. The summed E-state index contributed by atoms with van der Waals surface area (Å²) in [6, 6.07) is 3.96. The van der Waals surface area contributed by atoms with E-state index in [1.807, 2.05) is 6.07 Å². The van der Waals surface area contributed by atoms with Crippen LogP contribution in [0, 0.1) is 11.3 Å². The van der Waals surface area contributed by atoms with E-state index in [2.05, 4.69) is 16.4 Å². The van der Waals surface area contributed by atoms with Crippen LogP contribution in [0.25, 0.3) is 0 Å². The van der Waals surface area contributed by atoms with Crippen LogP contribution in [0.2, 0.25) is 0 Å². The topological polar surface area (TPSA) is 95.2 Å². The van der Waals surface area contributed by atoms with Crippen molar-refractivity contribution in [3.8, 4) is 6.07 Å². The number of ether oxygens (including phenoxy) is 1. The normalized spacial score (nSPS) is 15.0. The van der Waals surface area contributed by atoms with Gasteiger partial charge in [0.05, 0.1) is 12.1 Å². The Labute approximate surface area is 117 Å². The number of aromatic nitrogens is 1. The first-order valence-electron chi connectivity index (χ1n) is 6.58. The fraction of sp³-hybridized carbons (Fsp3) is 0.500. The molecule has 0 aliphatic heterocycles. The van der Waals surface area contributed by atoms with E-state index in [0.717, 1.165) is 36.9 Å². The maximum atomic E-state index is 10.9. The molecule has 0 bridgehead atoms. The summed E-state index contributed by atoms with van der Waals surface area (Å²) in [4.78, 5) is 15.4. The minimum atomic E-state index is -1.04. The summed E-state index contributed by atoms with van der Waals surface area (Å²) in [5.41, 5.74) is 2.58. The van der Waals surface area contributed by atoms with Gasteiger partial charge in [0.15, 0.2) is 6.10 Å². The Hall–Kier alpha value is -2.13. The van der Waals surface area contributed by atoms with Gasteiger partial charge in [0.2, 0.25) is 0 Å². The van der Waals surface area contributed by atoms with E-state index in [1.54, 1.807) is 0 Å². The average molecular weight is 275 g/mol. The van der Waals surface area contributed by atoms with Crippen molar-refractivity contribution in [2.75, 3.05) is 19.0 Å². The third-order valence-corrected chi connectivity index (χ3v) is 3.44. The molecular formula is C14H17N3O3. The molecule has 1 heterocycles. The molecule has 2 N–H and O–H groups in total. The van der Waals surface area contributed by atoms with Gasteiger partial charge in [0, 0.05) is 12.8 Å². The van der Waals surface area contributed by atoms with Crippen LogP contribution < -0.4 is 5.32 Å². The number of aryl methyl sites for hydroxylation is 2. The summed E-state index contributed by atoms with van der Waals surface area (Å²) >= 11 is 0. The van der Waals surface area contributed by atoms with Crippen molar-refractivity contribution in [1.82, 2.24) is 4.98 Å². The maximum Gasteiger partial charge on any atom is 0.334 e. The van der Waals surface area contributed by atoms with Gasteiger partial charge in [-0.2, -0.15) is 5.26 Å². The average Bonchev–Trinajstić information content (AvgIpc) is 2.46. The minimum Gasteiger partial charge on any atom is -0.479 e. The molecule has 6 nitrogen and oxygen atoms in total. The van der Waals surface area contributed by atoms with Gasteiger partial charge < -0.3 is 15.2 Å². The number of aliphatic carboxylic acids is 1.